The summed E-state index contributed by atoms with van der Waals surface area (Å²) in [7, 11) is 1.63. The van der Waals surface area contributed by atoms with Crippen LogP contribution in [0.15, 0.2) is 27.9 Å². The molecular formula is C9H10N4O. The van der Waals surface area contributed by atoms with E-state index < -0.39 is 5.91 Å². The molecule has 72 valence electrons. The molecule has 3 N–H and O–H groups in total. The zero-order chi connectivity index (χ0) is 10.6. The van der Waals surface area contributed by atoms with Crippen LogP contribution in [0.3, 0.4) is 0 Å². The number of hydrogen-bond acceptors (Lipinski definition) is 4. The Kier molecular flexibility index (Phi) is 3.02. The molecule has 0 spiro atoms. The van der Waals surface area contributed by atoms with E-state index in [2.05, 4.69) is 10.3 Å². The summed E-state index contributed by atoms with van der Waals surface area (Å²) in [5.74, 6) is -0.732. The molecule has 0 radical (unpaired) electrons. The fourth-order valence-corrected chi connectivity index (χ4v) is 1.19. The highest BCUT2D eigenvalue weighted by atomic mass is 16.1. The largest absolute Gasteiger partial charge is 0.387 e. The van der Waals surface area contributed by atoms with Crippen molar-refractivity contribution in [1.29, 1.82) is 5.26 Å². The second-order valence-corrected chi connectivity index (χ2v) is 2.66. The van der Waals surface area contributed by atoms with Gasteiger partial charge in [0.15, 0.2) is 0 Å². The number of hydrogen-bond donors (Lipinski definition) is 2. The first-order chi connectivity index (χ1) is 6.70. The molecule has 0 aromatic rings. The van der Waals surface area contributed by atoms with Crippen LogP contribution in [-0.2, 0) is 4.79 Å². The van der Waals surface area contributed by atoms with Crippen LogP contribution in [0, 0.1) is 11.3 Å². The van der Waals surface area contributed by atoms with Gasteiger partial charge in [0.1, 0.15) is 11.6 Å². The summed E-state index contributed by atoms with van der Waals surface area (Å²) < 4.78 is 0. The summed E-state index contributed by atoms with van der Waals surface area (Å²) in [5.41, 5.74) is 6.25. The van der Waals surface area contributed by atoms with Crippen LogP contribution < -0.4 is 11.1 Å². The first-order valence-corrected chi connectivity index (χ1v) is 4.02. The summed E-state index contributed by atoms with van der Waals surface area (Å²) in [6.07, 6.45) is 3.37. The second-order valence-electron chi connectivity index (χ2n) is 2.66. The number of carbonyl (C=O) groups excluding carboxylic acids is 1. The number of nitriles is 1. The summed E-state index contributed by atoms with van der Waals surface area (Å²) in [5, 5.41) is 11.5. The molecule has 0 saturated heterocycles. The van der Waals surface area contributed by atoms with Crippen LogP contribution in [0.4, 0.5) is 0 Å². The number of rotatable bonds is 3. The molecule has 1 heterocycles. The van der Waals surface area contributed by atoms with E-state index in [1.807, 2.05) is 0 Å². The highest BCUT2D eigenvalue weighted by Crippen LogP contribution is 2.14. The highest BCUT2D eigenvalue weighted by Gasteiger charge is 2.15. The molecular weight excluding hydrogens is 180 g/mol. The zero-order valence-corrected chi connectivity index (χ0v) is 7.74. The van der Waals surface area contributed by atoms with Crippen LogP contribution in [0.5, 0.6) is 0 Å². The SMILES string of the molecule is CN/C(C1=CC=NC1)=C(/C#N)C(N)=O. The smallest absolute Gasteiger partial charge is 0.261 e. The van der Waals surface area contributed by atoms with Gasteiger partial charge < -0.3 is 11.1 Å². The average molecular weight is 190 g/mol. The number of carbonyl (C=O) groups is 1. The molecule has 1 aliphatic rings. The van der Waals surface area contributed by atoms with Crippen LogP contribution in [-0.4, -0.2) is 25.7 Å². The Morgan fingerprint density at radius 1 is 1.79 bits per heavy atom. The standard InChI is InChI=1S/C9H10N4O/c1-12-8(6-2-3-13-5-6)7(4-10)9(11)14/h2-3,12H,5H2,1H3,(H2,11,14)/b8-7-. The van der Waals surface area contributed by atoms with Gasteiger partial charge in [0.05, 0.1) is 12.2 Å². The molecule has 0 fully saturated rings. The lowest BCUT2D eigenvalue weighted by molar-refractivity contribution is -0.114. The maximum Gasteiger partial charge on any atom is 0.261 e. The predicted molar refractivity (Wildman–Crippen MR) is 52.3 cm³/mol. The topological polar surface area (TPSA) is 91.3 Å². The van der Waals surface area contributed by atoms with Crippen LogP contribution in [0.25, 0.3) is 0 Å². The Morgan fingerprint density at radius 3 is 2.86 bits per heavy atom. The number of nitrogens with zero attached hydrogens (tertiary/aromatic N) is 2. The number of aliphatic imine (C=N–C) groups is 1. The number of allylic oxidation sites excluding steroid dienone is 1. The summed E-state index contributed by atoms with van der Waals surface area (Å²) in [6, 6.07) is 1.78. The maximum atomic E-state index is 10.9. The van der Waals surface area contributed by atoms with Gasteiger partial charge in [0.2, 0.25) is 0 Å². The number of primary amides is 1. The summed E-state index contributed by atoms with van der Waals surface area (Å²) >= 11 is 0. The number of nitrogens with one attached hydrogen (secondary N) is 1. The van der Waals surface area contributed by atoms with Gasteiger partial charge in [0, 0.05) is 13.3 Å². The Balaban J connectivity index is 3.12. The first kappa shape index (κ1) is 9.99. The van der Waals surface area contributed by atoms with Crippen molar-refractivity contribution in [3.63, 3.8) is 0 Å². The number of amides is 1. The van der Waals surface area contributed by atoms with Gasteiger partial charge in [-0.3, -0.25) is 9.79 Å². The van der Waals surface area contributed by atoms with Gasteiger partial charge in [-0.25, -0.2) is 0 Å². The molecule has 1 amide bonds. The van der Waals surface area contributed by atoms with Crippen molar-refractivity contribution >= 4 is 12.1 Å². The molecule has 0 aromatic carbocycles. The molecule has 0 saturated carbocycles. The van der Waals surface area contributed by atoms with Crippen molar-refractivity contribution in [2.45, 2.75) is 0 Å². The van der Waals surface area contributed by atoms with Crippen molar-refractivity contribution in [1.82, 2.24) is 5.32 Å². The molecule has 5 nitrogen and oxygen atoms in total. The fourth-order valence-electron chi connectivity index (χ4n) is 1.19. The molecule has 0 aliphatic carbocycles. The van der Waals surface area contributed by atoms with Crippen LogP contribution >= 0.6 is 0 Å². The van der Waals surface area contributed by atoms with Gasteiger partial charge >= 0.3 is 0 Å². The van der Waals surface area contributed by atoms with Gasteiger partial charge in [-0.2, -0.15) is 5.26 Å². The van der Waals surface area contributed by atoms with E-state index in [0.29, 0.717) is 12.2 Å². The van der Waals surface area contributed by atoms with Crippen molar-refractivity contribution in [3.05, 3.63) is 22.9 Å². The number of likely N-dealkylation sites (N-methyl/N-ethyl adjacent to an activating group) is 1. The van der Waals surface area contributed by atoms with Gasteiger partial charge in [-0.1, -0.05) is 0 Å². The molecule has 0 aromatic heterocycles. The Bertz CT molecular complexity index is 384. The van der Waals surface area contributed by atoms with Crippen molar-refractivity contribution in [3.8, 4) is 6.07 Å². The van der Waals surface area contributed by atoms with Crippen molar-refractivity contribution in [2.24, 2.45) is 10.7 Å². The minimum Gasteiger partial charge on any atom is -0.387 e. The quantitative estimate of drug-likeness (QED) is 0.463. The van der Waals surface area contributed by atoms with E-state index >= 15 is 0 Å². The Labute approximate surface area is 81.6 Å². The highest BCUT2D eigenvalue weighted by molar-refractivity contribution is 5.98. The molecule has 0 bridgehead atoms. The minimum absolute atomic E-state index is 0.0655. The Hall–Kier alpha value is -2.09. The zero-order valence-electron chi connectivity index (χ0n) is 7.74. The van der Waals surface area contributed by atoms with Gasteiger partial charge in [-0.05, 0) is 11.6 Å². The second kappa shape index (κ2) is 4.23. The third-order valence-corrected chi connectivity index (χ3v) is 1.82. The lowest BCUT2D eigenvalue weighted by Gasteiger charge is -2.08. The monoisotopic (exact) mass is 190 g/mol. The molecule has 1 aliphatic heterocycles. The third-order valence-electron chi connectivity index (χ3n) is 1.82. The van der Waals surface area contributed by atoms with E-state index in [9.17, 15) is 4.79 Å². The van der Waals surface area contributed by atoms with E-state index in [4.69, 9.17) is 11.0 Å². The molecule has 14 heavy (non-hydrogen) atoms. The minimum atomic E-state index is -0.732. The lowest BCUT2D eigenvalue weighted by atomic mass is 10.1. The normalized spacial score (nSPS) is 15.6. The Morgan fingerprint density at radius 2 is 2.50 bits per heavy atom. The van der Waals surface area contributed by atoms with Crippen molar-refractivity contribution < 1.29 is 4.79 Å². The first-order valence-electron chi connectivity index (χ1n) is 4.02. The van der Waals surface area contributed by atoms with E-state index in [-0.39, 0.29) is 5.57 Å². The maximum absolute atomic E-state index is 10.9. The van der Waals surface area contributed by atoms with Gasteiger partial charge in [0.25, 0.3) is 5.91 Å². The molecule has 1 rings (SSSR count). The molecule has 0 atom stereocenters. The fraction of sp³-hybridized carbons (Fsp3) is 0.222. The van der Waals surface area contributed by atoms with E-state index in [1.165, 1.54) is 0 Å². The summed E-state index contributed by atoms with van der Waals surface area (Å²) in [4.78, 5) is 14.9. The molecule has 5 heteroatoms. The molecule has 0 unspecified atom stereocenters. The van der Waals surface area contributed by atoms with Crippen LogP contribution in [0.2, 0.25) is 0 Å². The number of nitrogens with two attached hydrogens (primary N) is 1. The van der Waals surface area contributed by atoms with Crippen LogP contribution in [0.1, 0.15) is 0 Å². The van der Waals surface area contributed by atoms with Gasteiger partial charge in [-0.15, -0.1) is 0 Å². The third kappa shape index (κ3) is 1.80. The van der Waals surface area contributed by atoms with E-state index in [1.54, 1.807) is 25.4 Å². The summed E-state index contributed by atoms with van der Waals surface area (Å²) in [6.45, 7) is 0.467. The lowest BCUT2D eigenvalue weighted by Crippen LogP contribution is -2.21. The predicted octanol–water partition coefficient (Wildman–Crippen LogP) is -0.520. The van der Waals surface area contributed by atoms with Crippen molar-refractivity contribution in [2.75, 3.05) is 13.6 Å². The van der Waals surface area contributed by atoms with E-state index in [0.717, 1.165) is 5.57 Å². The average Bonchev–Trinajstić information content (AvgIpc) is 2.65.